The zero-order valence-corrected chi connectivity index (χ0v) is 15.2. The summed E-state index contributed by atoms with van der Waals surface area (Å²) in [5.74, 6) is -2.08. The van der Waals surface area contributed by atoms with Gasteiger partial charge < -0.3 is 15.7 Å². The molecule has 3 N–H and O–H groups in total. The molecule has 0 aliphatic carbocycles. The molecule has 0 aliphatic rings. The summed E-state index contributed by atoms with van der Waals surface area (Å²) in [5, 5.41) is 14.9. The molecule has 0 aromatic heterocycles. The number of hydrogen-bond donors (Lipinski definition) is 3. The molecule has 0 heterocycles. The number of amides is 2. The largest absolute Gasteiger partial charge is 0.480 e. The molecule has 0 spiro atoms. The van der Waals surface area contributed by atoms with Gasteiger partial charge in [0, 0.05) is 21.9 Å². The predicted octanol–water partition coefficient (Wildman–Crippen LogP) is 2.27. The number of carbonyl (C=O) groups excluding carboxylic acids is 2. The van der Waals surface area contributed by atoms with Gasteiger partial charge in [0.1, 0.15) is 6.04 Å². The van der Waals surface area contributed by atoms with Gasteiger partial charge in [-0.15, -0.1) is 0 Å². The number of benzene rings is 1. The summed E-state index contributed by atoms with van der Waals surface area (Å²) in [7, 11) is 0. The van der Waals surface area contributed by atoms with Crippen molar-refractivity contribution in [1.82, 2.24) is 10.6 Å². The molecule has 0 radical (unpaired) electrons. The lowest BCUT2D eigenvalue weighted by Crippen LogP contribution is -2.48. The van der Waals surface area contributed by atoms with E-state index in [-0.39, 0.29) is 18.9 Å². The van der Waals surface area contributed by atoms with Gasteiger partial charge in [-0.2, -0.15) is 0 Å². The van der Waals surface area contributed by atoms with E-state index in [2.05, 4.69) is 10.6 Å². The van der Waals surface area contributed by atoms with E-state index < -0.39 is 23.3 Å². The standard InChI is InChI=1S/C16H20Cl2N2O4/c1-16(2,3)15(24)19-8-13(21)20-12(14(22)23)6-9-4-10(17)7-11(18)5-9/h4-5,7,12H,6,8H2,1-3H3,(H,19,24)(H,20,21)(H,22,23). The Morgan fingerprint density at radius 1 is 1.12 bits per heavy atom. The molecule has 1 rings (SSSR count). The van der Waals surface area contributed by atoms with Crippen LogP contribution in [0.15, 0.2) is 18.2 Å². The SMILES string of the molecule is CC(C)(C)C(=O)NCC(=O)NC(Cc1cc(Cl)cc(Cl)c1)C(=O)O. The number of nitrogens with one attached hydrogen (secondary N) is 2. The average Bonchev–Trinajstić information content (AvgIpc) is 2.41. The molecule has 0 fully saturated rings. The minimum atomic E-state index is -1.19. The van der Waals surface area contributed by atoms with Gasteiger partial charge in [-0.1, -0.05) is 44.0 Å². The topological polar surface area (TPSA) is 95.5 Å². The average molecular weight is 375 g/mol. The number of aliphatic carboxylic acids is 1. The first kappa shape index (κ1) is 20.3. The molecule has 8 heteroatoms. The number of halogens is 2. The molecule has 0 aliphatic heterocycles. The maximum atomic E-state index is 11.9. The Kier molecular flexibility index (Phi) is 7.05. The van der Waals surface area contributed by atoms with Crippen LogP contribution in [0.5, 0.6) is 0 Å². The molecular weight excluding hydrogens is 355 g/mol. The fourth-order valence-corrected chi connectivity index (χ4v) is 2.41. The third-order valence-corrected chi connectivity index (χ3v) is 3.52. The predicted molar refractivity (Wildman–Crippen MR) is 92.2 cm³/mol. The van der Waals surface area contributed by atoms with E-state index in [0.717, 1.165) is 0 Å². The lowest BCUT2D eigenvalue weighted by Gasteiger charge is -2.19. The van der Waals surface area contributed by atoms with Crippen molar-refractivity contribution >= 4 is 41.0 Å². The lowest BCUT2D eigenvalue weighted by molar-refractivity contribution is -0.141. The van der Waals surface area contributed by atoms with E-state index in [1.54, 1.807) is 32.9 Å². The molecule has 6 nitrogen and oxygen atoms in total. The van der Waals surface area contributed by atoms with E-state index in [0.29, 0.717) is 15.6 Å². The maximum absolute atomic E-state index is 11.9. The van der Waals surface area contributed by atoms with Gasteiger partial charge in [-0.3, -0.25) is 9.59 Å². The van der Waals surface area contributed by atoms with Gasteiger partial charge >= 0.3 is 5.97 Å². The molecule has 0 bridgehead atoms. The third-order valence-electron chi connectivity index (χ3n) is 3.09. The van der Waals surface area contributed by atoms with Crippen LogP contribution in [0, 0.1) is 5.41 Å². The van der Waals surface area contributed by atoms with Crippen LogP contribution in [0.1, 0.15) is 26.3 Å². The monoisotopic (exact) mass is 374 g/mol. The first-order chi connectivity index (χ1) is 11.0. The Labute approximate surface area is 150 Å². The smallest absolute Gasteiger partial charge is 0.326 e. The van der Waals surface area contributed by atoms with Crippen LogP contribution in [0.3, 0.4) is 0 Å². The van der Waals surface area contributed by atoms with Crippen LogP contribution in [-0.4, -0.2) is 35.5 Å². The molecule has 132 valence electrons. The fourth-order valence-electron chi connectivity index (χ4n) is 1.84. The van der Waals surface area contributed by atoms with Gasteiger partial charge in [0.2, 0.25) is 11.8 Å². The highest BCUT2D eigenvalue weighted by Gasteiger charge is 2.24. The second-order valence-corrected chi connectivity index (χ2v) is 7.25. The van der Waals surface area contributed by atoms with Crippen LogP contribution < -0.4 is 10.6 Å². The summed E-state index contributed by atoms with van der Waals surface area (Å²) >= 11 is 11.8. The number of carboxylic acid groups (broad SMARTS) is 1. The van der Waals surface area contributed by atoms with E-state index in [4.69, 9.17) is 23.2 Å². The second kappa shape index (κ2) is 8.35. The first-order valence-corrected chi connectivity index (χ1v) is 8.00. The second-order valence-electron chi connectivity index (χ2n) is 6.37. The molecule has 2 amide bonds. The summed E-state index contributed by atoms with van der Waals surface area (Å²) in [4.78, 5) is 34.9. The van der Waals surface area contributed by atoms with Gasteiger partial charge in [0.15, 0.2) is 0 Å². The van der Waals surface area contributed by atoms with Crippen LogP contribution in [0.25, 0.3) is 0 Å². The van der Waals surface area contributed by atoms with Gasteiger partial charge in [-0.05, 0) is 23.8 Å². The van der Waals surface area contributed by atoms with Crippen molar-refractivity contribution in [1.29, 1.82) is 0 Å². The highest BCUT2D eigenvalue weighted by molar-refractivity contribution is 6.34. The highest BCUT2D eigenvalue weighted by atomic mass is 35.5. The van der Waals surface area contributed by atoms with Gasteiger partial charge in [0.25, 0.3) is 0 Å². The number of carbonyl (C=O) groups is 3. The van der Waals surface area contributed by atoms with Crippen molar-refractivity contribution in [2.45, 2.75) is 33.2 Å². The normalized spacial score (nSPS) is 12.4. The Hall–Kier alpha value is -1.79. The van der Waals surface area contributed by atoms with Crippen molar-refractivity contribution in [3.8, 4) is 0 Å². The van der Waals surface area contributed by atoms with Gasteiger partial charge in [0.05, 0.1) is 6.54 Å². The van der Waals surface area contributed by atoms with E-state index in [1.807, 2.05) is 0 Å². The van der Waals surface area contributed by atoms with Crippen molar-refractivity contribution in [2.75, 3.05) is 6.54 Å². The number of carboxylic acids is 1. The van der Waals surface area contributed by atoms with Crippen molar-refractivity contribution in [3.63, 3.8) is 0 Å². The highest BCUT2D eigenvalue weighted by Crippen LogP contribution is 2.20. The Morgan fingerprint density at radius 3 is 2.12 bits per heavy atom. The summed E-state index contributed by atoms with van der Waals surface area (Å²) in [6, 6.07) is 3.54. The van der Waals surface area contributed by atoms with Crippen LogP contribution >= 0.6 is 23.2 Å². The third kappa shape index (κ3) is 6.76. The van der Waals surface area contributed by atoms with E-state index in [9.17, 15) is 19.5 Å². The maximum Gasteiger partial charge on any atom is 0.326 e. The zero-order valence-electron chi connectivity index (χ0n) is 13.7. The molecule has 0 saturated heterocycles. The quantitative estimate of drug-likeness (QED) is 0.711. The molecule has 1 aromatic rings. The summed E-state index contributed by atoms with van der Waals surface area (Å²) in [5.41, 5.74) is -0.0526. The minimum Gasteiger partial charge on any atom is -0.480 e. The Morgan fingerprint density at radius 2 is 1.67 bits per heavy atom. The molecule has 1 unspecified atom stereocenters. The zero-order chi connectivity index (χ0) is 18.5. The number of rotatable bonds is 6. The molecule has 24 heavy (non-hydrogen) atoms. The van der Waals surface area contributed by atoms with Crippen LogP contribution in [-0.2, 0) is 20.8 Å². The Bertz CT molecular complexity index is 621. The van der Waals surface area contributed by atoms with Crippen LogP contribution in [0.2, 0.25) is 10.0 Å². The Balaban J connectivity index is 2.67. The first-order valence-electron chi connectivity index (χ1n) is 7.24. The summed E-state index contributed by atoms with van der Waals surface area (Å²) in [6.07, 6.45) is 0.0224. The summed E-state index contributed by atoms with van der Waals surface area (Å²) < 4.78 is 0. The fraction of sp³-hybridized carbons (Fsp3) is 0.438. The van der Waals surface area contributed by atoms with Crippen LogP contribution in [0.4, 0.5) is 0 Å². The number of hydrogen-bond acceptors (Lipinski definition) is 3. The van der Waals surface area contributed by atoms with Crippen molar-refractivity contribution < 1.29 is 19.5 Å². The van der Waals surface area contributed by atoms with Crippen molar-refractivity contribution in [2.24, 2.45) is 5.41 Å². The summed E-state index contributed by atoms with van der Waals surface area (Å²) in [6.45, 7) is 4.84. The van der Waals surface area contributed by atoms with E-state index in [1.165, 1.54) is 6.07 Å². The minimum absolute atomic E-state index is 0.0224. The van der Waals surface area contributed by atoms with E-state index >= 15 is 0 Å². The van der Waals surface area contributed by atoms with Gasteiger partial charge in [-0.25, -0.2) is 4.79 Å². The molecular formula is C16H20Cl2N2O4. The molecule has 0 saturated carbocycles. The van der Waals surface area contributed by atoms with Crippen molar-refractivity contribution in [3.05, 3.63) is 33.8 Å². The molecule has 1 atom stereocenters. The lowest BCUT2D eigenvalue weighted by atomic mass is 9.96. The molecule has 1 aromatic carbocycles.